The van der Waals surface area contributed by atoms with Crippen LogP contribution < -0.4 is 0 Å². The standard InChI is InChI=1S/C46H33N3/c1-46(35-17-7-3-8-18-35,36-19-9-4-10-20-36)37-29-30-39-38-21-12-14-24-42(38)49(43(39)31-37)45-47-41-23-13-11-22-40(41)44(48-45)34-27-25-33(26-28-34)32-15-5-2-6-16-32/h2-31H,1H3. The summed E-state index contributed by atoms with van der Waals surface area (Å²) in [6, 6.07) is 64.6. The van der Waals surface area contributed by atoms with Gasteiger partial charge in [-0.2, -0.15) is 0 Å². The summed E-state index contributed by atoms with van der Waals surface area (Å²) in [5.74, 6) is 0.658. The van der Waals surface area contributed by atoms with Gasteiger partial charge in [-0.1, -0.05) is 164 Å². The highest BCUT2D eigenvalue weighted by Gasteiger charge is 2.32. The quantitative estimate of drug-likeness (QED) is 0.172. The van der Waals surface area contributed by atoms with Gasteiger partial charge in [-0.3, -0.25) is 4.57 Å². The summed E-state index contributed by atoms with van der Waals surface area (Å²) in [6.45, 7) is 2.33. The molecular formula is C46H33N3. The van der Waals surface area contributed by atoms with E-state index in [0.29, 0.717) is 5.95 Å². The van der Waals surface area contributed by atoms with Crippen LogP contribution in [0.5, 0.6) is 0 Å². The molecule has 3 nitrogen and oxygen atoms in total. The minimum atomic E-state index is -0.381. The lowest BCUT2D eigenvalue weighted by atomic mass is 9.71. The third kappa shape index (κ3) is 4.82. The van der Waals surface area contributed by atoms with Crippen molar-refractivity contribution >= 4 is 32.7 Å². The lowest BCUT2D eigenvalue weighted by molar-refractivity contribution is 0.693. The third-order valence-electron chi connectivity index (χ3n) is 10.0. The van der Waals surface area contributed by atoms with Gasteiger partial charge in [-0.05, 0) is 52.9 Å². The first-order chi connectivity index (χ1) is 24.2. The van der Waals surface area contributed by atoms with E-state index in [2.05, 4.69) is 187 Å². The molecule has 0 unspecified atom stereocenters. The number of hydrogen-bond acceptors (Lipinski definition) is 2. The van der Waals surface area contributed by atoms with Gasteiger partial charge in [-0.25, -0.2) is 9.97 Å². The van der Waals surface area contributed by atoms with Crippen LogP contribution in [0.15, 0.2) is 182 Å². The second-order valence-corrected chi connectivity index (χ2v) is 12.8. The van der Waals surface area contributed by atoms with E-state index in [1.807, 2.05) is 6.07 Å². The fraction of sp³-hybridized carbons (Fsp3) is 0.0435. The first kappa shape index (κ1) is 28.9. The minimum Gasteiger partial charge on any atom is -0.278 e. The molecule has 3 heteroatoms. The average Bonchev–Trinajstić information content (AvgIpc) is 3.52. The molecule has 2 aromatic heterocycles. The Morgan fingerprint density at radius 1 is 0.408 bits per heavy atom. The van der Waals surface area contributed by atoms with Crippen LogP contribution in [0.25, 0.3) is 61.0 Å². The van der Waals surface area contributed by atoms with E-state index >= 15 is 0 Å². The number of para-hydroxylation sites is 2. The Kier molecular flexibility index (Phi) is 6.91. The van der Waals surface area contributed by atoms with Gasteiger partial charge in [0, 0.05) is 27.1 Å². The summed E-state index contributed by atoms with van der Waals surface area (Å²) in [6.07, 6.45) is 0. The van der Waals surface area contributed by atoms with E-state index in [1.54, 1.807) is 0 Å². The molecule has 0 spiro atoms. The van der Waals surface area contributed by atoms with Crippen molar-refractivity contribution in [2.75, 3.05) is 0 Å². The molecular weight excluding hydrogens is 595 g/mol. The van der Waals surface area contributed by atoms with Gasteiger partial charge in [0.2, 0.25) is 5.95 Å². The summed E-state index contributed by atoms with van der Waals surface area (Å²) >= 11 is 0. The smallest absolute Gasteiger partial charge is 0.235 e. The molecule has 7 aromatic carbocycles. The van der Waals surface area contributed by atoms with E-state index in [0.717, 1.165) is 33.2 Å². The molecule has 0 radical (unpaired) electrons. The molecule has 9 rings (SSSR count). The topological polar surface area (TPSA) is 30.7 Å². The van der Waals surface area contributed by atoms with E-state index in [9.17, 15) is 0 Å². The summed E-state index contributed by atoms with van der Waals surface area (Å²) in [7, 11) is 0. The number of hydrogen-bond donors (Lipinski definition) is 0. The molecule has 0 aliphatic rings. The van der Waals surface area contributed by atoms with Crippen LogP contribution in [-0.2, 0) is 5.41 Å². The SMILES string of the molecule is CC(c1ccccc1)(c1ccccc1)c1ccc2c3ccccc3n(-c3nc(-c4ccc(-c5ccccc5)cc4)c4ccccc4n3)c2c1. The zero-order valence-corrected chi connectivity index (χ0v) is 27.2. The Balaban J connectivity index is 1.29. The van der Waals surface area contributed by atoms with Crippen LogP contribution in [0.4, 0.5) is 0 Å². The van der Waals surface area contributed by atoms with Crippen LogP contribution in [0.3, 0.4) is 0 Å². The summed E-state index contributed by atoms with van der Waals surface area (Å²) in [5, 5.41) is 3.38. The largest absolute Gasteiger partial charge is 0.278 e. The molecule has 0 atom stereocenters. The lowest BCUT2D eigenvalue weighted by Gasteiger charge is -2.32. The number of nitrogens with zero attached hydrogens (tertiary/aromatic N) is 3. The van der Waals surface area contributed by atoms with Crippen LogP contribution in [0, 0.1) is 0 Å². The van der Waals surface area contributed by atoms with Gasteiger partial charge in [0.15, 0.2) is 0 Å². The highest BCUT2D eigenvalue weighted by molar-refractivity contribution is 6.09. The Morgan fingerprint density at radius 3 is 1.63 bits per heavy atom. The average molecular weight is 628 g/mol. The van der Waals surface area contributed by atoms with Crippen LogP contribution in [-0.4, -0.2) is 14.5 Å². The van der Waals surface area contributed by atoms with Gasteiger partial charge in [0.1, 0.15) is 0 Å². The maximum absolute atomic E-state index is 5.38. The predicted molar refractivity (Wildman–Crippen MR) is 203 cm³/mol. The van der Waals surface area contributed by atoms with E-state index in [-0.39, 0.29) is 5.41 Å². The Labute approximate surface area is 285 Å². The first-order valence-electron chi connectivity index (χ1n) is 16.8. The second-order valence-electron chi connectivity index (χ2n) is 12.8. The molecule has 2 heterocycles. The van der Waals surface area contributed by atoms with Gasteiger partial charge in [0.05, 0.1) is 22.2 Å². The predicted octanol–water partition coefficient (Wildman–Crippen LogP) is 11.4. The van der Waals surface area contributed by atoms with Crippen molar-refractivity contribution in [3.05, 3.63) is 199 Å². The molecule has 232 valence electrons. The normalized spacial score (nSPS) is 11.8. The molecule has 0 aliphatic heterocycles. The molecule has 0 bridgehead atoms. The van der Waals surface area contributed by atoms with Crippen molar-refractivity contribution in [2.24, 2.45) is 0 Å². The highest BCUT2D eigenvalue weighted by Crippen LogP contribution is 2.42. The Bertz CT molecular complexity index is 2550. The molecule has 49 heavy (non-hydrogen) atoms. The Hall–Kier alpha value is -6.32. The minimum absolute atomic E-state index is 0.381. The second kappa shape index (κ2) is 11.7. The van der Waals surface area contributed by atoms with Crippen molar-refractivity contribution in [1.29, 1.82) is 0 Å². The zero-order valence-electron chi connectivity index (χ0n) is 27.2. The van der Waals surface area contributed by atoms with Crippen molar-refractivity contribution in [3.8, 4) is 28.3 Å². The van der Waals surface area contributed by atoms with Gasteiger partial charge in [-0.15, -0.1) is 0 Å². The monoisotopic (exact) mass is 627 g/mol. The summed E-state index contributed by atoms with van der Waals surface area (Å²) < 4.78 is 2.25. The van der Waals surface area contributed by atoms with Crippen molar-refractivity contribution in [1.82, 2.24) is 14.5 Å². The maximum Gasteiger partial charge on any atom is 0.235 e. The van der Waals surface area contributed by atoms with Crippen LogP contribution in [0.1, 0.15) is 23.6 Å². The first-order valence-corrected chi connectivity index (χ1v) is 16.8. The summed E-state index contributed by atoms with van der Waals surface area (Å²) in [5.41, 5.74) is 10.7. The molecule has 0 fully saturated rings. The highest BCUT2D eigenvalue weighted by atomic mass is 15.2. The Morgan fingerprint density at radius 2 is 0.939 bits per heavy atom. The van der Waals surface area contributed by atoms with Gasteiger partial charge in [0.25, 0.3) is 0 Å². The molecule has 0 N–H and O–H groups in total. The van der Waals surface area contributed by atoms with E-state index in [1.165, 1.54) is 38.6 Å². The molecule has 0 saturated carbocycles. The summed E-state index contributed by atoms with van der Waals surface area (Å²) in [4.78, 5) is 10.6. The number of fused-ring (bicyclic) bond motifs is 4. The van der Waals surface area contributed by atoms with Crippen LogP contribution >= 0.6 is 0 Å². The number of aromatic nitrogens is 3. The fourth-order valence-electron chi connectivity index (χ4n) is 7.38. The zero-order chi connectivity index (χ0) is 32.8. The van der Waals surface area contributed by atoms with E-state index < -0.39 is 0 Å². The lowest BCUT2D eigenvalue weighted by Crippen LogP contribution is -2.25. The van der Waals surface area contributed by atoms with Crippen molar-refractivity contribution in [3.63, 3.8) is 0 Å². The van der Waals surface area contributed by atoms with Crippen molar-refractivity contribution in [2.45, 2.75) is 12.3 Å². The van der Waals surface area contributed by atoms with Gasteiger partial charge >= 0.3 is 0 Å². The molecule has 0 amide bonds. The number of rotatable bonds is 6. The van der Waals surface area contributed by atoms with E-state index in [4.69, 9.17) is 9.97 Å². The van der Waals surface area contributed by atoms with Gasteiger partial charge < -0.3 is 0 Å². The third-order valence-corrected chi connectivity index (χ3v) is 10.0. The molecule has 0 saturated heterocycles. The maximum atomic E-state index is 5.38. The molecule has 0 aliphatic carbocycles. The number of benzene rings is 7. The fourth-order valence-corrected chi connectivity index (χ4v) is 7.38. The molecule has 9 aromatic rings. The van der Waals surface area contributed by atoms with Crippen molar-refractivity contribution < 1.29 is 0 Å². The van der Waals surface area contributed by atoms with Crippen LogP contribution in [0.2, 0.25) is 0 Å².